The molecule has 2 rings (SSSR count). The topological polar surface area (TPSA) is 37.4 Å². The van der Waals surface area contributed by atoms with Gasteiger partial charge in [-0.05, 0) is 49.5 Å². The van der Waals surface area contributed by atoms with Crippen LogP contribution < -0.4 is 5.32 Å². The fraction of sp³-hybridized carbons (Fsp3) is 0.688. The first-order valence-electron chi connectivity index (χ1n) is 7.60. The van der Waals surface area contributed by atoms with Crippen molar-refractivity contribution in [1.82, 2.24) is 15.2 Å². The Labute approximate surface area is 122 Å². The minimum Gasteiger partial charge on any atom is -0.381 e. The second-order valence-electron chi connectivity index (χ2n) is 5.92. The summed E-state index contributed by atoms with van der Waals surface area (Å²) in [5, 5.41) is 3.54. The van der Waals surface area contributed by atoms with Gasteiger partial charge in [-0.2, -0.15) is 0 Å². The number of hydrogen-bond acceptors (Lipinski definition) is 4. The Hall–Kier alpha value is -0.970. The summed E-state index contributed by atoms with van der Waals surface area (Å²) < 4.78 is 5.55. The zero-order valence-corrected chi connectivity index (χ0v) is 12.8. The SMILES string of the molecule is CCNCC1(CN(C)Cc2ccncc2)CCOCC1. The van der Waals surface area contributed by atoms with Crippen molar-refractivity contribution in [3.8, 4) is 0 Å². The van der Waals surface area contributed by atoms with Gasteiger partial charge in [-0.1, -0.05) is 6.92 Å². The molecule has 1 aliphatic heterocycles. The zero-order valence-electron chi connectivity index (χ0n) is 12.8. The Kier molecular flexibility index (Phi) is 5.95. The number of hydrogen-bond donors (Lipinski definition) is 1. The van der Waals surface area contributed by atoms with E-state index in [0.29, 0.717) is 5.41 Å². The first kappa shape index (κ1) is 15.4. The smallest absolute Gasteiger partial charge is 0.0472 e. The minimum absolute atomic E-state index is 0.357. The van der Waals surface area contributed by atoms with Crippen molar-refractivity contribution in [3.05, 3.63) is 30.1 Å². The molecule has 112 valence electrons. The highest BCUT2D eigenvalue weighted by Crippen LogP contribution is 2.31. The van der Waals surface area contributed by atoms with Crippen LogP contribution in [0.4, 0.5) is 0 Å². The van der Waals surface area contributed by atoms with Crippen LogP contribution in [0.15, 0.2) is 24.5 Å². The molecule has 0 amide bonds. The van der Waals surface area contributed by atoms with E-state index in [2.05, 4.69) is 41.3 Å². The number of aromatic nitrogens is 1. The average Bonchev–Trinajstić information content (AvgIpc) is 2.47. The molecule has 0 bridgehead atoms. The zero-order chi connectivity index (χ0) is 14.3. The molecule has 0 aliphatic carbocycles. The van der Waals surface area contributed by atoms with Gasteiger partial charge in [-0.25, -0.2) is 0 Å². The van der Waals surface area contributed by atoms with Crippen molar-refractivity contribution >= 4 is 0 Å². The monoisotopic (exact) mass is 277 g/mol. The number of pyridine rings is 1. The lowest BCUT2D eigenvalue weighted by atomic mass is 9.79. The molecular weight excluding hydrogens is 250 g/mol. The van der Waals surface area contributed by atoms with Gasteiger partial charge in [0.2, 0.25) is 0 Å². The molecule has 0 spiro atoms. The van der Waals surface area contributed by atoms with Crippen LogP contribution in [0.1, 0.15) is 25.3 Å². The summed E-state index contributed by atoms with van der Waals surface area (Å²) in [6.07, 6.45) is 6.04. The Morgan fingerprint density at radius 3 is 2.65 bits per heavy atom. The predicted molar refractivity (Wildman–Crippen MR) is 81.6 cm³/mol. The molecule has 0 radical (unpaired) electrons. The van der Waals surface area contributed by atoms with Gasteiger partial charge in [-0.3, -0.25) is 4.98 Å². The number of rotatable bonds is 7. The van der Waals surface area contributed by atoms with E-state index in [1.54, 1.807) is 0 Å². The highest BCUT2D eigenvalue weighted by molar-refractivity contribution is 5.09. The van der Waals surface area contributed by atoms with Crippen LogP contribution in [0, 0.1) is 5.41 Å². The van der Waals surface area contributed by atoms with Crippen molar-refractivity contribution in [2.45, 2.75) is 26.3 Å². The molecule has 4 heteroatoms. The molecule has 20 heavy (non-hydrogen) atoms. The molecule has 0 atom stereocenters. The first-order valence-corrected chi connectivity index (χ1v) is 7.60. The molecule has 0 aromatic carbocycles. The van der Waals surface area contributed by atoms with Gasteiger partial charge in [0.1, 0.15) is 0 Å². The summed E-state index contributed by atoms with van der Waals surface area (Å²) in [7, 11) is 2.21. The third-order valence-corrected chi connectivity index (χ3v) is 4.11. The maximum Gasteiger partial charge on any atom is 0.0472 e. The van der Waals surface area contributed by atoms with E-state index >= 15 is 0 Å². The van der Waals surface area contributed by atoms with Crippen LogP contribution in [-0.4, -0.2) is 49.8 Å². The molecule has 1 aromatic rings. The third-order valence-electron chi connectivity index (χ3n) is 4.11. The highest BCUT2D eigenvalue weighted by Gasteiger charge is 2.33. The third kappa shape index (κ3) is 4.54. The lowest BCUT2D eigenvalue weighted by Gasteiger charge is -2.40. The molecule has 1 fully saturated rings. The van der Waals surface area contributed by atoms with Gasteiger partial charge in [0.25, 0.3) is 0 Å². The van der Waals surface area contributed by atoms with Gasteiger partial charge < -0.3 is 15.0 Å². The van der Waals surface area contributed by atoms with E-state index in [4.69, 9.17) is 4.74 Å². The standard InChI is InChI=1S/C16H27N3O/c1-3-17-13-16(6-10-20-11-7-16)14-19(2)12-15-4-8-18-9-5-15/h4-5,8-9,17H,3,6-7,10-14H2,1-2H3. The summed E-state index contributed by atoms with van der Waals surface area (Å²) >= 11 is 0. The predicted octanol–water partition coefficient (Wildman–Crippen LogP) is 1.92. The molecule has 1 aromatic heterocycles. The van der Waals surface area contributed by atoms with Crippen LogP contribution in [-0.2, 0) is 11.3 Å². The molecule has 0 saturated carbocycles. The van der Waals surface area contributed by atoms with Crippen LogP contribution >= 0.6 is 0 Å². The minimum atomic E-state index is 0.357. The van der Waals surface area contributed by atoms with Crippen LogP contribution in [0.2, 0.25) is 0 Å². The van der Waals surface area contributed by atoms with E-state index in [0.717, 1.165) is 52.2 Å². The van der Waals surface area contributed by atoms with E-state index in [1.807, 2.05) is 12.4 Å². The quantitative estimate of drug-likeness (QED) is 0.826. The average molecular weight is 277 g/mol. The van der Waals surface area contributed by atoms with Gasteiger partial charge >= 0.3 is 0 Å². The van der Waals surface area contributed by atoms with Crippen molar-refractivity contribution < 1.29 is 4.74 Å². The molecule has 1 N–H and O–H groups in total. The van der Waals surface area contributed by atoms with Gasteiger partial charge in [0.15, 0.2) is 0 Å². The van der Waals surface area contributed by atoms with E-state index in [9.17, 15) is 0 Å². The summed E-state index contributed by atoms with van der Waals surface area (Å²) in [6.45, 7) is 8.20. The first-order chi connectivity index (χ1) is 9.74. The van der Waals surface area contributed by atoms with Crippen molar-refractivity contribution in [2.75, 3.05) is 39.9 Å². The Balaban J connectivity index is 1.92. The van der Waals surface area contributed by atoms with Crippen LogP contribution in [0.3, 0.4) is 0 Å². The van der Waals surface area contributed by atoms with Crippen molar-refractivity contribution in [1.29, 1.82) is 0 Å². The second-order valence-corrected chi connectivity index (χ2v) is 5.92. The lowest BCUT2D eigenvalue weighted by Crippen LogP contribution is -2.46. The maximum absolute atomic E-state index is 5.55. The second kappa shape index (κ2) is 7.72. The van der Waals surface area contributed by atoms with Gasteiger partial charge in [-0.15, -0.1) is 0 Å². The summed E-state index contributed by atoms with van der Waals surface area (Å²) in [4.78, 5) is 6.51. The molecule has 4 nitrogen and oxygen atoms in total. The van der Waals surface area contributed by atoms with Crippen molar-refractivity contribution in [3.63, 3.8) is 0 Å². The lowest BCUT2D eigenvalue weighted by molar-refractivity contribution is -0.00139. The van der Waals surface area contributed by atoms with Gasteiger partial charge in [0.05, 0.1) is 0 Å². The Morgan fingerprint density at radius 2 is 2.00 bits per heavy atom. The van der Waals surface area contributed by atoms with Crippen LogP contribution in [0.25, 0.3) is 0 Å². The van der Waals surface area contributed by atoms with Gasteiger partial charge in [0, 0.05) is 45.2 Å². The molecule has 2 heterocycles. The normalized spacial score (nSPS) is 18.4. The summed E-state index contributed by atoms with van der Waals surface area (Å²) in [6, 6.07) is 4.19. The van der Waals surface area contributed by atoms with E-state index in [-0.39, 0.29) is 0 Å². The summed E-state index contributed by atoms with van der Waals surface area (Å²) in [5.41, 5.74) is 1.68. The molecule has 1 aliphatic rings. The largest absolute Gasteiger partial charge is 0.381 e. The number of ether oxygens (including phenoxy) is 1. The number of nitrogens with one attached hydrogen (secondary N) is 1. The maximum atomic E-state index is 5.55. The molecular formula is C16H27N3O. The fourth-order valence-electron chi connectivity index (χ4n) is 3.01. The van der Waals surface area contributed by atoms with Crippen molar-refractivity contribution in [2.24, 2.45) is 5.41 Å². The highest BCUT2D eigenvalue weighted by atomic mass is 16.5. The van der Waals surface area contributed by atoms with E-state index < -0.39 is 0 Å². The Bertz CT molecular complexity index is 377. The van der Waals surface area contributed by atoms with Crippen LogP contribution in [0.5, 0.6) is 0 Å². The Morgan fingerprint density at radius 1 is 1.30 bits per heavy atom. The molecule has 0 unspecified atom stereocenters. The molecule has 1 saturated heterocycles. The summed E-state index contributed by atoms with van der Waals surface area (Å²) in [5.74, 6) is 0. The van der Waals surface area contributed by atoms with E-state index in [1.165, 1.54) is 5.56 Å². The fourth-order valence-corrected chi connectivity index (χ4v) is 3.01. The number of nitrogens with zero attached hydrogens (tertiary/aromatic N) is 2.